The Bertz CT molecular complexity index is 613. The predicted octanol–water partition coefficient (Wildman–Crippen LogP) is 4.96. The highest BCUT2D eigenvalue weighted by Gasteiger charge is 2.12. The van der Waals surface area contributed by atoms with Crippen molar-refractivity contribution in [2.75, 3.05) is 6.54 Å². The number of benzene rings is 2. The van der Waals surface area contributed by atoms with Crippen molar-refractivity contribution < 1.29 is 8.78 Å². The van der Waals surface area contributed by atoms with Crippen molar-refractivity contribution in [2.45, 2.75) is 19.9 Å². The second-order valence-electron chi connectivity index (χ2n) is 4.64. The van der Waals surface area contributed by atoms with Crippen molar-refractivity contribution in [3.63, 3.8) is 0 Å². The van der Waals surface area contributed by atoms with E-state index < -0.39 is 11.6 Å². The summed E-state index contributed by atoms with van der Waals surface area (Å²) in [7, 11) is 0. The van der Waals surface area contributed by atoms with E-state index in [1.54, 1.807) is 12.1 Å². The molecular weight excluding hydrogens is 280 g/mol. The molecule has 1 unspecified atom stereocenters. The van der Waals surface area contributed by atoms with E-state index >= 15 is 0 Å². The number of hydrogen-bond acceptors (Lipinski definition) is 1. The Balaban J connectivity index is 2.38. The van der Waals surface area contributed by atoms with Gasteiger partial charge in [-0.1, -0.05) is 30.7 Å². The first-order valence-corrected chi connectivity index (χ1v) is 6.89. The summed E-state index contributed by atoms with van der Waals surface area (Å²) in [6.45, 7) is 4.88. The van der Waals surface area contributed by atoms with Crippen molar-refractivity contribution in [1.29, 1.82) is 0 Å². The molecule has 0 saturated carbocycles. The van der Waals surface area contributed by atoms with Gasteiger partial charge < -0.3 is 5.32 Å². The third-order valence-electron chi connectivity index (χ3n) is 3.22. The van der Waals surface area contributed by atoms with Crippen LogP contribution in [-0.4, -0.2) is 6.54 Å². The lowest BCUT2D eigenvalue weighted by molar-refractivity contribution is 0.585. The van der Waals surface area contributed by atoms with Gasteiger partial charge in [0.15, 0.2) is 0 Å². The number of halogens is 3. The average molecular weight is 296 g/mol. The van der Waals surface area contributed by atoms with E-state index in [-0.39, 0.29) is 6.04 Å². The van der Waals surface area contributed by atoms with Crippen LogP contribution < -0.4 is 5.32 Å². The van der Waals surface area contributed by atoms with Crippen LogP contribution in [0.5, 0.6) is 0 Å². The largest absolute Gasteiger partial charge is 0.310 e. The van der Waals surface area contributed by atoms with Crippen molar-refractivity contribution in [3.8, 4) is 11.1 Å². The van der Waals surface area contributed by atoms with Crippen LogP contribution in [0.1, 0.15) is 25.5 Å². The van der Waals surface area contributed by atoms with E-state index in [0.29, 0.717) is 16.1 Å². The molecular formula is C16H16ClF2N. The molecule has 0 saturated heterocycles. The monoisotopic (exact) mass is 295 g/mol. The number of nitrogens with one attached hydrogen (secondary N) is 1. The first kappa shape index (κ1) is 14.9. The van der Waals surface area contributed by atoms with Crippen molar-refractivity contribution >= 4 is 11.6 Å². The van der Waals surface area contributed by atoms with Gasteiger partial charge in [0.05, 0.1) is 0 Å². The molecule has 0 heterocycles. The highest BCUT2D eigenvalue weighted by Crippen LogP contribution is 2.30. The maximum atomic E-state index is 13.8. The minimum Gasteiger partial charge on any atom is -0.310 e. The Morgan fingerprint density at radius 2 is 1.90 bits per heavy atom. The van der Waals surface area contributed by atoms with Crippen molar-refractivity contribution in [2.24, 2.45) is 0 Å². The molecule has 0 bridgehead atoms. The summed E-state index contributed by atoms with van der Waals surface area (Å²) in [5, 5.41) is 3.84. The summed E-state index contributed by atoms with van der Waals surface area (Å²) in [5.74, 6) is -1.18. The Labute approximate surface area is 122 Å². The van der Waals surface area contributed by atoms with Gasteiger partial charge in [-0.25, -0.2) is 8.78 Å². The van der Waals surface area contributed by atoms with Gasteiger partial charge in [-0.05, 0) is 42.8 Å². The molecule has 1 atom stereocenters. The summed E-state index contributed by atoms with van der Waals surface area (Å²) >= 11 is 6.26. The molecule has 20 heavy (non-hydrogen) atoms. The predicted molar refractivity (Wildman–Crippen MR) is 78.9 cm³/mol. The van der Waals surface area contributed by atoms with Gasteiger partial charge in [0, 0.05) is 22.7 Å². The van der Waals surface area contributed by atoms with Crippen LogP contribution in [0, 0.1) is 11.6 Å². The van der Waals surface area contributed by atoms with Gasteiger partial charge in [0.25, 0.3) is 0 Å². The fourth-order valence-electron chi connectivity index (χ4n) is 2.19. The molecule has 0 fully saturated rings. The molecule has 0 amide bonds. The minimum atomic E-state index is -0.589. The van der Waals surface area contributed by atoms with Crippen LogP contribution in [-0.2, 0) is 0 Å². The maximum Gasteiger partial charge on any atom is 0.133 e. The van der Waals surface area contributed by atoms with Crippen LogP contribution in [0.15, 0.2) is 36.4 Å². The molecule has 0 aliphatic rings. The molecule has 106 valence electrons. The molecule has 1 N–H and O–H groups in total. The molecule has 0 aromatic heterocycles. The normalized spacial score (nSPS) is 12.4. The van der Waals surface area contributed by atoms with Gasteiger partial charge >= 0.3 is 0 Å². The van der Waals surface area contributed by atoms with Crippen molar-refractivity contribution in [1.82, 2.24) is 5.32 Å². The third kappa shape index (κ3) is 3.17. The topological polar surface area (TPSA) is 12.0 Å². The fraction of sp³-hybridized carbons (Fsp3) is 0.250. The fourth-order valence-corrected chi connectivity index (χ4v) is 2.53. The molecule has 1 nitrogen and oxygen atoms in total. The number of hydrogen-bond donors (Lipinski definition) is 1. The molecule has 2 aromatic rings. The zero-order chi connectivity index (χ0) is 14.7. The first-order valence-electron chi connectivity index (χ1n) is 6.51. The van der Waals surface area contributed by atoms with E-state index in [0.717, 1.165) is 18.2 Å². The third-order valence-corrected chi connectivity index (χ3v) is 3.55. The van der Waals surface area contributed by atoms with Crippen LogP contribution in [0.4, 0.5) is 8.78 Å². The summed E-state index contributed by atoms with van der Waals surface area (Å²) in [4.78, 5) is 0. The Morgan fingerprint density at radius 1 is 1.15 bits per heavy atom. The van der Waals surface area contributed by atoms with Gasteiger partial charge in [0.1, 0.15) is 11.6 Å². The Morgan fingerprint density at radius 3 is 2.50 bits per heavy atom. The summed E-state index contributed by atoms with van der Waals surface area (Å²) in [6.07, 6.45) is 0. The second-order valence-corrected chi connectivity index (χ2v) is 5.05. The lowest BCUT2D eigenvalue weighted by atomic mass is 10.0. The van der Waals surface area contributed by atoms with E-state index in [2.05, 4.69) is 5.32 Å². The van der Waals surface area contributed by atoms with E-state index in [1.807, 2.05) is 19.9 Å². The van der Waals surface area contributed by atoms with Crippen LogP contribution >= 0.6 is 11.6 Å². The molecule has 0 aliphatic heterocycles. The molecule has 0 spiro atoms. The molecule has 2 aromatic carbocycles. The summed E-state index contributed by atoms with van der Waals surface area (Å²) in [5.41, 5.74) is 1.94. The van der Waals surface area contributed by atoms with Crippen LogP contribution in [0.3, 0.4) is 0 Å². The SMILES string of the molecule is CCNC(C)c1ccc(-c2ccc(F)cc2F)cc1Cl. The van der Waals surface area contributed by atoms with Gasteiger partial charge in [-0.2, -0.15) is 0 Å². The Hall–Kier alpha value is -1.45. The second kappa shape index (κ2) is 6.33. The van der Waals surface area contributed by atoms with Crippen molar-refractivity contribution in [3.05, 3.63) is 58.6 Å². The molecule has 0 aliphatic carbocycles. The van der Waals surface area contributed by atoms with Gasteiger partial charge in [-0.15, -0.1) is 0 Å². The van der Waals surface area contributed by atoms with E-state index in [9.17, 15) is 8.78 Å². The highest BCUT2D eigenvalue weighted by molar-refractivity contribution is 6.31. The average Bonchev–Trinajstić information content (AvgIpc) is 2.38. The summed E-state index contributed by atoms with van der Waals surface area (Å²) < 4.78 is 26.7. The van der Waals surface area contributed by atoms with Crippen LogP contribution in [0.2, 0.25) is 5.02 Å². The molecule has 0 radical (unpaired) electrons. The molecule has 4 heteroatoms. The first-order chi connectivity index (χ1) is 9.52. The zero-order valence-corrected chi connectivity index (χ0v) is 12.1. The smallest absolute Gasteiger partial charge is 0.133 e. The molecule has 2 rings (SSSR count). The highest BCUT2D eigenvalue weighted by atomic mass is 35.5. The maximum absolute atomic E-state index is 13.8. The number of rotatable bonds is 4. The zero-order valence-electron chi connectivity index (χ0n) is 11.4. The summed E-state index contributed by atoms with van der Waals surface area (Å²) in [6, 6.07) is 9.03. The van der Waals surface area contributed by atoms with E-state index in [1.165, 1.54) is 12.1 Å². The lowest BCUT2D eigenvalue weighted by Gasteiger charge is -2.15. The standard InChI is InChI=1S/C16H16ClF2N/c1-3-20-10(2)13-6-4-11(8-15(13)17)14-7-5-12(18)9-16(14)19/h4-10,20H,3H2,1-2H3. The van der Waals surface area contributed by atoms with E-state index in [4.69, 9.17) is 11.6 Å². The van der Waals surface area contributed by atoms with Gasteiger partial charge in [-0.3, -0.25) is 0 Å². The Kier molecular flexibility index (Phi) is 4.73. The minimum absolute atomic E-state index is 0.125. The lowest BCUT2D eigenvalue weighted by Crippen LogP contribution is -2.17. The van der Waals surface area contributed by atoms with Crippen LogP contribution in [0.25, 0.3) is 11.1 Å². The quantitative estimate of drug-likeness (QED) is 0.841. The van der Waals surface area contributed by atoms with Gasteiger partial charge in [0.2, 0.25) is 0 Å².